The van der Waals surface area contributed by atoms with Crippen LogP contribution in [-0.4, -0.2) is 18.9 Å². The topological polar surface area (TPSA) is 43.4 Å². The van der Waals surface area contributed by atoms with E-state index < -0.39 is 23.5 Å². The third-order valence-corrected chi connectivity index (χ3v) is 2.84. The maximum Gasteiger partial charge on any atom is 0.316 e. The monoisotopic (exact) mass is 272 g/mol. The standard InChI is InChI=1S/C13H14ClFO3/c1-7(2)11(13(17)18-3)12(16)9-5-4-8(14)6-10(9)15/h4-7,11H,1-3H3. The van der Waals surface area contributed by atoms with Crippen LogP contribution in [0.1, 0.15) is 24.2 Å². The minimum Gasteiger partial charge on any atom is -0.468 e. The molecule has 0 aliphatic rings. The number of carbonyl (C=O) groups is 2. The van der Waals surface area contributed by atoms with Crippen molar-refractivity contribution < 1.29 is 18.7 Å². The zero-order chi connectivity index (χ0) is 13.9. The summed E-state index contributed by atoms with van der Waals surface area (Å²) in [5.41, 5.74) is -0.150. The van der Waals surface area contributed by atoms with E-state index in [0.717, 1.165) is 6.07 Å². The number of esters is 1. The fraction of sp³-hybridized carbons (Fsp3) is 0.385. The first-order valence-corrected chi connectivity index (χ1v) is 5.83. The van der Waals surface area contributed by atoms with Crippen molar-refractivity contribution in [1.29, 1.82) is 0 Å². The number of ketones is 1. The molecule has 0 aliphatic heterocycles. The van der Waals surface area contributed by atoms with Gasteiger partial charge >= 0.3 is 5.97 Å². The van der Waals surface area contributed by atoms with Gasteiger partial charge in [0.2, 0.25) is 0 Å². The van der Waals surface area contributed by atoms with Crippen LogP contribution in [0.5, 0.6) is 0 Å². The Labute approximate surface area is 110 Å². The van der Waals surface area contributed by atoms with Gasteiger partial charge in [-0.3, -0.25) is 9.59 Å². The Kier molecular flexibility index (Phi) is 4.84. The fourth-order valence-electron chi connectivity index (χ4n) is 1.67. The van der Waals surface area contributed by atoms with Crippen LogP contribution in [0.15, 0.2) is 18.2 Å². The highest BCUT2D eigenvalue weighted by molar-refractivity contribution is 6.30. The molecule has 98 valence electrons. The lowest BCUT2D eigenvalue weighted by molar-refractivity contribution is -0.144. The highest BCUT2D eigenvalue weighted by Gasteiger charge is 2.32. The molecule has 0 saturated heterocycles. The van der Waals surface area contributed by atoms with Gasteiger partial charge in [0.05, 0.1) is 12.7 Å². The summed E-state index contributed by atoms with van der Waals surface area (Å²) in [6.45, 7) is 3.40. The van der Waals surface area contributed by atoms with Gasteiger partial charge in [0, 0.05) is 5.02 Å². The number of Topliss-reactive ketones (excluding diaryl/α,β-unsaturated/α-hetero) is 1. The first-order chi connectivity index (χ1) is 8.38. The third kappa shape index (κ3) is 3.07. The van der Waals surface area contributed by atoms with Gasteiger partial charge in [0.25, 0.3) is 0 Å². The highest BCUT2D eigenvalue weighted by atomic mass is 35.5. The Morgan fingerprint density at radius 3 is 2.39 bits per heavy atom. The molecule has 0 bridgehead atoms. The van der Waals surface area contributed by atoms with Crippen LogP contribution in [0.25, 0.3) is 0 Å². The van der Waals surface area contributed by atoms with Gasteiger partial charge in [-0.15, -0.1) is 0 Å². The number of hydrogen-bond acceptors (Lipinski definition) is 3. The smallest absolute Gasteiger partial charge is 0.316 e. The van der Waals surface area contributed by atoms with Crippen LogP contribution in [0.3, 0.4) is 0 Å². The second-order valence-electron chi connectivity index (χ2n) is 4.23. The molecule has 1 atom stereocenters. The van der Waals surface area contributed by atoms with Crippen molar-refractivity contribution >= 4 is 23.4 Å². The summed E-state index contributed by atoms with van der Waals surface area (Å²) in [4.78, 5) is 23.7. The van der Waals surface area contributed by atoms with Crippen LogP contribution in [0.4, 0.5) is 4.39 Å². The first-order valence-electron chi connectivity index (χ1n) is 5.45. The van der Waals surface area contributed by atoms with Crippen molar-refractivity contribution in [2.24, 2.45) is 11.8 Å². The molecule has 0 aliphatic carbocycles. The van der Waals surface area contributed by atoms with Gasteiger partial charge < -0.3 is 4.74 Å². The summed E-state index contributed by atoms with van der Waals surface area (Å²) in [7, 11) is 1.20. The van der Waals surface area contributed by atoms with Crippen LogP contribution in [0, 0.1) is 17.7 Å². The largest absolute Gasteiger partial charge is 0.468 e. The van der Waals surface area contributed by atoms with Crippen molar-refractivity contribution in [2.45, 2.75) is 13.8 Å². The van der Waals surface area contributed by atoms with Crippen molar-refractivity contribution in [3.8, 4) is 0 Å². The van der Waals surface area contributed by atoms with E-state index in [9.17, 15) is 14.0 Å². The van der Waals surface area contributed by atoms with Gasteiger partial charge in [0.1, 0.15) is 11.7 Å². The Morgan fingerprint density at radius 1 is 1.33 bits per heavy atom. The zero-order valence-electron chi connectivity index (χ0n) is 10.4. The van der Waals surface area contributed by atoms with Crippen molar-refractivity contribution in [2.75, 3.05) is 7.11 Å². The molecule has 3 nitrogen and oxygen atoms in total. The second kappa shape index (κ2) is 5.96. The first kappa shape index (κ1) is 14.6. The minimum absolute atomic E-state index is 0.150. The minimum atomic E-state index is -1.01. The molecule has 0 amide bonds. The molecule has 18 heavy (non-hydrogen) atoms. The predicted octanol–water partition coefficient (Wildman–Crippen LogP) is 3.11. The average Bonchev–Trinajstić information content (AvgIpc) is 2.28. The molecule has 1 rings (SSSR count). The molecule has 0 N–H and O–H groups in total. The summed E-state index contributed by atoms with van der Waals surface area (Å²) in [6.07, 6.45) is 0. The van der Waals surface area contributed by atoms with Crippen molar-refractivity contribution in [1.82, 2.24) is 0 Å². The summed E-state index contributed by atoms with van der Waals surface area (Å²) in [6, 6.07) is 3.73. The zero-order valence-corrected chi connectivity index (χ0v) is 11.1. The molecule has 0 radical (unpaired) electrons. The summed E-state index contributed by atoms with van der Waals surface area (Å²) < 4.78 is 18.2. The van der Waals surface area contributed by atoms with E-state index in [2.05, 4.69) is 4.74 Å². The number of ether oxygens (including phenoxy) is 1. The average molecular weight is 273 g/mol. The van der Waals surface area contributed by atoms with Crippen LogP contribution < -0.4 is 0 Å². The van der Waals surface area contributed by atoms with E-state index in [-0.39, 0.29) is 16.5 Å². The molecule has 1 aromatic rings. The summed E-state index contributed by atoms with van der Waals surface area (Å²) in [5.74, 6) is -3.27. The molecule has 1 aromatic carbocycles. The van der Waals surface area contributed by atoms with E-state index in [1.54, 1.807) is 13.8 Å². The molecular formula is C13H14ClFO3. The van der Waals surface area contributed by atoms with Crippen LogP contribution in [-0.2, 0) is 9.53 Å². The van der Waals surface area contributed by atoms with E-state index in [4.69, 9.17) is 11.6 Å². The maximum absolute atomic E-state index is 13.6. The Morgan fingerprint density at radius 2 is 1.94 bits per heavy atom. The van der Waals surface area contributed by atoms with Gasteiger partial charge in [-0.1, -0.05) is 25.4 Å². The number of rotatable bonds is 4. The molecule has 0 fully saturated rings. The molecule has 1 unspecified atom stereocenters. The Balaban J connectivity index is 3.14. The van der Waals surface area contributed by atoms with E-state index in [1.165, 1.54) is 19.2 Å². The lowest BCUT2D eigenvalue weighted by Crippen LogP contribution is -2.30. The quantitative estimate of drug-likeness (QED) is 0.480. The summed E-state index contributed by atoms with van der Waals surface area (Å²) >= 11 is 5.61. The number of carbonyl (C=O) groups excluding carboxylic acids is 2. The molecule has 0 spiro atoms. The number of halogens is 2. The predicted molar refractivity (Wildman–Crippen MR) is 66.1 cm³/mol. The number of benzene rings is 1. The van der Waals surface area contributed by atoms with Crippen LogP contribution in [0.2, 0.25) is 5.02 Å². The van der Waals surface area contributed by atoms with Crippen LogP contribution >= 0.6 is 11.6 Å². The highest BCUT2D eigenvalue weighted by Crippen LogP contribution is 2.22. The molecule has 0 aromatic heterocycles. The maximum atomic E-state index is 13.6. The number of methoxy groups -OCH3 is 1. The Hall–Kier alpha value is -1.42. The van der Waals surface area contributed by atoms with Gasteiger partial charge in [0.15, 0.2) is 5.78 Å². The normalized spacial score (nSPS) is 12.3. The number of hydrogen-bond donors (Lipinski definition) is 0. The van der Waals surface area contributed by atoms with Crippen molar-refractivity contribution in [3.05, 3.63) is 34.6 Å². The Bertz CT molecular complexity index is 471. The molecular weight excluding hydrogens is 259 g/mol. The lowest BCUT2D eigenvalue weighted by atomic mass is 9.88. The molecule has 0 heterocycles. The van der Waals surface area contributed by atoms with Gasteiger partial charge in [-0.2, -0.15) is 0 Å². The van der Waals surface area contributed by atoms with Crippen molar-refractivity contribution in [3.63, 3.8) is 0 Å². The van der Waals surface area contributed by atoms with Gasteiger partial charge in [-0.25, -0.2) is 4.39 Å². The van der Waals surface area contributed by atoms with Gasteiger partial charge in [-0.05, 0) is 24.1 Å². The molecule has 5 heteroatoms. The SMILES string of the molecule is COC(=O)C(C(=O)c1ccc(Cl)cc1F)C(C)C. The van der Waals surface area contributed by atoms with E-state index in [0.29, 0.717) is 0 Å². The fourth-order valence-corrected chi connectivity index (χ4v) is 1.82. The second-order valence-corrected chi connectivity index (χ2v) is 4.67. The summed E-state index contributed by atoms with van der Waals surface area (Å²) in [5, 5.41) is 0.197. The molecule has 0 saturated carbocycles. The van der Waals surface area contributed by atoms with E-state index in [1.807, 2.05) is 0 Å². The lowest BCUT2D eigenvalue weighted by Gasteiger charge is -2.17. The van der Waals surface area contributed by atoms with E-state index >= 15 is 0 Å². The third-order valence-electron chi connectivity index (χ3n) is 2.60.